The summed E-state index contributed by atoms with van der Waals surface area (Å²) in [6, 6.07) is 2.01. The maximum Gasteiger partial charge on any atom is 0.140 e. The van der Waals surface area contributed by atoms with Crippen LogP contribution in [0.3, 0.4) is 0 Å². The molecule has 1 aromatic heterocycles. The molecule has 0 N–H and O–H groups in total. The van der Waals surface area contributed by atoms with Gasteiger partial charge in [-0.3, -0.25) is 0 Å². The van der Waals surface area contributed by atoms with Gasteiger partial charge in [-0.2, -0.15) is 0 Å². The summed E-state index contributed by atoms with van der Waals surface area (Å²) in [4.78, 5) is 0. The van der Waals surface area contributed by atoms with Gasteiger partial charge in [-0.15, -0.1) is 5.73 Å². The predicted octanol–water partition coefficient (Wildman–Crippen LogP) is 5.61. The smallest absolute Gasteiger partial charge is 0.140 e. The molecule has 1 aliphatic carbocycles. The Morgan fingerprint density at radius 2 is 2.11 bits per heavy atom. The Bertz CT molecular complexity index is 407. The van der Waals surface area contributed by atoms with E-state index in [2.05, 4.69) is 26.2 Å². The fraction of sp³-hybridized carbons (Fsp3) is 0.588. The number of hydrogen-bond acceptors (Lipinski definition) is 1. The van der Waals surface area contributed by atoms with Gasteiger partial charge in [-0.05, 0) is 43.2 Å². The molecule has 2 atom stereocenters. The Morgan fingerprint density at radius 1 is 1.39 bits per heavy atom. The van der Waals surface area contributed by atoms with Crippen molar-refractivity contribution in [3.05, 3.63) is 36.0 Å². The number of hydrogen-bond donors (Lipinski definition) is 0. The van der Waals surface area contributed by atoms with Gasteiger partial charge >= 0.3 is 0 Å². The first-order chi connectivity index (χ1) is 8.72. The molecule has 0 saturated heterocycles. The van der Waals surface area contributed by atoms with E-state index in [4.69, 9.17) is 4.42 Å². The molecule has 1 fully saturated rings. The highest BCUT2D eigenvalue weighted by Crippen LogP contribution is 2.38. The number of allylic oxidation sites excluding steroid dienone is 1. The third-order valence-electron chi connectivity index (χ3n) is 3.64. The monoisotopic (exact) mass is 246 g/mol. The zero-order valence-corrected chi connectivity index (χ0v) is 12.3. The second-order valence-corrected chi connectivity index (χ2v) is 4.99. The molecule has 1 saturated carbocycles. The minimum Gasteiger partial charge on any atom is -0.464 e. The van der Waals surface area contributed by atoms with Crippen molar-refractivity contribution in [3.8, 4) is 0 Å². The Morgan fingerprint density at radius 3 is 2.61 bits per heavy atom. The molecule has 0 aliphatic heterocycles. The van der Waals surface area contributed by atoms with Gasteiger partial charge < -0.3 is 4.42 Å². The molecule has 1 aliphatic rings. The molecule has 1 aromatic rings. The molecule has 0 radical (unpaired) electrons. The zero-order valence-electron chi connectivity index (χ0n) is 12.3. The maximum atomic E-state index is 5.57. The van der Waals surface area contributed by atoms with Crippen molar-refractivity contribution >= 4 is 5.57 Å². The molecule has 2 rings (SSSR count). The summed E-state index contributed by atoms with van der Waals surface area (Å²) < 4.78 is 5.57. The molecule has 1 nitrogen and oxygen atoms in total. The first-order valence-electron chi connectivity index (χ1n) is 7.16. The van der Waals surface area contributed by atoms with Gasteiger partial charge in [0.05, 0.1) is 6.26 Å². The molecule has 0 bridgehead atoms. The van der Waals surface area contributed by atoms with Gasteiger partial charge in [0, 0.05) is 5.57 Å². The average molecular weight is 246 g/mol. The number of rotatable bonds is 2. The van der Waals surface area contributed by atoms with Crippen LogP contribution in [0, 0.1) is 18.8 Å². The molecule has 1 heterocycles. The van der Waals surface area contributed by atoms with E-state index in [1.54, 1.807) is 6.26 Å². The summed E-state index contributed by atoms with van der Waals surface area (Å²) in [6.45, 7) is 12.3. The average Bonchev–Trinajstić information content (AvgIpc) is 2.80. The molecular weight excluding hydrogens is 220 g/mol. The van der Waals surface area contributed by atoms with Crippen LogP contribution in [-0.4, -0.2) is 0 Å². The minimum atomic E-state index is 0.589. The summed E-state index contributed by atoms with van der Waals surface area (Å²) in [5.74, 6) is 2.40. The van der Waals surface area contributed by atoms with Crippen LogP contribution in [-0.2, 0) is 0 Å². The third-order valence-corrected chi connectivity index (χ3v) is 3.64. The van der Waals surface area contributed by atoms with E-state index in [9.17, 15) is 0 Å². The summed E-state index contributed by atoms with van der Waals surface area (Å²) >= 11 is 0. The van der Waals surface area contributed by atoms with Gasteiger partial charge in [0.25, 0.3) is 0 Å². The van der Waals surface area contributed by atoms with Gasteiger partial charge in [0.2, 0.25) is 0 Å². The first-order valence-corrected chi connectivity index (χ1v) is 7.16. The van der Waals surface area contributed by atoms with Crippen LogP contribution in [0.4, 0.5) is 0 Å². The lowest BCUT2D eigenvalue weighted by molar-refractivity contribution is 0.329. The highest BCUT2D eigenvalue weighted by atomic mass is 16.3. The number of aryl methyl sites for hydroxylation is 1. The summed E-state index contributed by atoms with van der Waals surface area (Å²) in [5, 5.41) is 0. The van der Waals surface area contributed by atoms with Crippen molar-refractivity contribution in [2.24, 2.45) is 11.8 Å². The largest absolute Gasteiger partial charge is 0.464 e. The molecular formula is C17H26O. The van der Waals surface area contributed by atoms with E-state index in [-0.39, 0.29) is 0 Å². The van der Waals surface area contributed by atoms with Crippen LogP contribution < -0.4 is 0 Å². The first kappa shape index (κ1) is 14.9. The minimum absolute atomic E-state index is 0.589. The molecule has 0 spiro atoms. The molecule has 0 aromatic carbocycles. The van der Waals surface area contributed by atoms with E-state index in [0.717, 1.165) is 11.7 Å². The van der Waals surface area contributed by atoms with Gasteiger partial charge in [-0.25, -0.2) is 0 Å². The van der Waals surface area contributed by atoms with Crippen LogP contribution >= 0.6 is 0 Å². The normalized spacial score (nSPS) is 22.7. The predicted molar refractivity (Wildman–Crippen MR) is 78.5 cm³/mol. The quantitative estimate of drug-likeness (QED) is 0.618. The molecule has 18 heavy (non-hydrogen) atoms. The molecule has 1 heteroatoms. The van der Waals surface area contributed by atoms with Crippen molar-refractivity contribution in [1.29, 1.82) is 0 Å². The van der Waals surface area contributed by atoms with E-state index in [0.29, 0.717) is 5.92 Å². The molecule has 100 valence electrons. The van der Waals surface area contributed by atoms with E-state index >= 15 is 0 Å². The molecule has 0 amide bonds. The van der Waals surface area contributed by atoms with Gasteiger partial charge in [-0.1, -0.05) is 40.2 Å². The van der Waals surface area contributed by atoms with Crippen LogP contribution in [0.2, 0.25) is 0 Å². The maximum absolute atomic E-state index is 5.57. The van der Waals surface area contributed by atoms with Gasteiger partial charge in [0.1, 0.15) is 5.76 Å². The Labute approximate surface area is 112 Å². The molecule has 2 unspecified atom stereocenters. The Balaban J connectivity index is 0.000000771. The van der Waals surface area contributed by atoms with Crippen LogP contribution in [0.15, 0.2) is 29.1 Å². The van der Waals surface area contributed by atoms with E-state index in [1.165, 1.54) is 36.8 Å². The van der Waals surface area contributed by atoms with E-state index in [1.807, 2.05) is 19.9 Å². The number of furan rings is 1. The fourth-order valence-electron chi connectivity index (χ4n) is 2.75. The Kier molecular flexibility index (Phi) is 6.01. The van der Waals surface area contributed by atoms with Crippen molar-refractivity contribution in [2.45, 2.75) is 53.4 Å². The van der Waals surface area contributed by atoms with Crippen molar-refractivity contribution in [2.75, 3.05) is 0 Å². The van der Waals surface area contributed by atoms with Crippen molar-refractivity contribution in [3.63, 3.8) is 0 Å². The lowest BCUT2D eigenvalue weighted by Crippen LogP contribution is -2.14. The van der Waals surface area contributed by atoms with E-state index < -0.39 is 0 Å². The second-order valence-electron chi connectivity index (χ2n) is 4.99. The van der Waals surface area contributed by atoms with Crippen LogP contribution in [0.5, 0.6) is 0 Å². The fourth-order valence-corrected chi connectivity index (χ4v) is 2.75. The summed E-state index contributed by atoms with van der Waals surface area (Å²) in [6.07, 6.45) is 6.93. The summed E-state index contributed by atoms with van der Waals surface area (Å²) in [7, 11) is 0. The SMILES string of the molecule is C=C=C(c1occc1C)C1CCCC(C)C1.CC. The van der Waals surface area contributed by atoms with Crippen LogP contribution in [0.25, 0.3) is 5.57 Å². The third kappa shape index (κ3) is 3.40. The zero-order chi connectivity index (χ0) is 13.5. The van der Waals surface area contributed by atoms with Crippen LogP contribution in [0.1, 0.15) is 57.8 Å². The highest BCUT2D eigenvalue weighted by molar-refractivity contribution is 5.65. The van der Waals surface area contributed by atoms with Gasteiger partial charge in [0.15, 0.2) is 0 Å². The summed E-state index contributed by atoms with van der Waals surface area (Å²) in [5.41, 5.74) is 5.50. The standard InChI is InChI=1S/C15H20O.C2H6/c1-4-14(15-12(3)8-9-16-15)13-7-5-6-11(2)10-13;1-2/h8-9,11,13H,1,5-7,10H2,2-3H3;1-2H3. The highest BCUT2D eigenvalue weighted by Gasteiger charge is 2.25. The Hall–Kier alpha value is -1.20. The lowest BCUT2D eigenvalue weighted by atomic mass is 9.78. The lowest BCUT2D eigenvalue weighted by Gasteiger charge is -2.27. The topological polar surface area (TPSA) is 13.1 Å². The van der Waals surface area contributed by atoms with Crippen molar-refractivity contribution < 1.29 is 4.42 Å². The van der Waals surface area contributed by atoms with Crippen molar-refractivity contribution in [1.82, 2.24) is 0 Å². The second kappa shape index (κ2) is 7.28.